The summed E-state index contributed by atoms with van der Waals surface area (Å²) in [6.07, 6.45) is 0. The fourth-order valence-corrected chi connectivity index (χ4v) is 2.54. The summed E-state index contributed by atoms with van der Waals surface area (Å²) in [6, 6.07) is 11.3. The first kappa shape index (κ1) is 14.3. The van der Waals surface area contributed by atoms with Gasteiger partial charge in [-0.25, -0.2) is 9.18 Å². The molecule has 0 aliphatic carbocycles. The molecule has 3 nitrogen and oxygen atoms in total. The van der Waals surface area contributed by atoms with Crippen LogP contribution in [0.3, 0.4) is 0 Å². The molecule has 3 rings (SSSR count). The molecule has 0 aliphatic rings. The molecule has 0 saturated heterocycles. The van der Waals surface area contributed by atoms with E-state index in [1.54, 1.807) is 31.2 Å². The predicted octanol–water partition coefficient (Wildman–Crippen LogP) is 4.31. The van der Waals surface area contributed by atoms with Gasteiger partial charge in [-0.15, -0.1) is 0 Å². The first-order valence-electron chi connectivity index (χ1n) is 7.06. The van der Waals surface area contributed by atoms with Crippen molar-refractivity contribution in [3.8, 4) is 16.9 Å². The normalized spacial score (nSPS) is 10.9. The average Bonchev–Trinajstić information content (AvgIpc) is 2.50. The summed E-state index contributed by atoms with van der Waals surface area (Å²) in [4.78, 5) is 12.3. The second-order valence-corrected chi connectivity index (χ2v) is 4.99. The highest BCUT2D eigenvalue weighted by molar-refractivity contribution is 5.86. The van der Waals surface area contributed by atoms with Crippen molar-refractivity contribution in [2.45, 2.75) is 13.8 Å². The van der Waals surface area contributed by atoms with E-state index in [4.69, 9.17) is 9.15 Å². The largest absolute Gasteiger partial charge is 0.494 e. The number of hydrogen-bond donors (Lipinski definition) is 0. The maximum Gasteiger partial charge on any atom is 0.344 e. The fourth-order valence-electron chi connectivity index (χ4n) is 2.54. The highest BCUT2D eigenvalue weighted by Gasteiger charge is 2.14. The third-order valence-electron chi connectivity index (χ3n) is 3.58. The molecule has 0 fully saturated rings. The Morgan fingerprint density at radius 2 is 1.86 bits per heavy atom. The Bertz CT molecular complexity index is 879. The lowest BCUT2D eigenvalue weighted by atomic mass is 9.99. The quantitative estimate of drug-likeness (QED) is 0.676. The van der Waals surface area contributed by atoms with Gasteiger partial charge >= 0.3 is 5.63 Å². The Kier molecular flexibility index (Phi) is 3.67. The molecular weight excluding hydrogens is 283 g/mol. The maximum absolute atomic E-state index is 13.5. The van der Waals surface area contributed by atoms with E-state index in [0.717, 1.165) is 11.3 Å². The highest BCUT2D eigenvalue weighted by Crippen LogP contribution is 2.28. The Labute approximate surface area is 127 Å². The van der Waals surface area contributed by atoms with Gasteiger partial charge in [-0.05, 0) is 55.3 Å². The number of halogens is 1. The smallest absolute Gasteiger partial charge is 0.344 e. The summed E-state index contributed by atoms with van der Waals surface area (Å²) < 4.78 is 24.2. The van der Waals surface area contributed by atoms with Gasteiger partial charge in [0.1, 0.15) is 17.1 Å². The van der Waals surface area contributed by atoms with Crippen molar-refractivity contribution < 1.29 is 13.5 Å². The van der Waals surface area contributed by atoms with Gasteiger partial charge in [0, 0.05) is 5.39 Å². The van der Waals surface area contributed by atoms with Crippen LogP contribution < -0.4 is 10.4 Å². The molecule has 1 aromatic heterocycles. The monoisotopic (exact) mass is 298 g/mol. The van der Waals surface area contributed by atoms with Crippen LogP contribution in [0.4, 0.5) is 4.39 Å². The van der Waals surface area contributed by atoms with E-state index in [1.165, 1.54) is 18.2 Å². The molecule has 22 heavy (non-hydrogen) atoms. The molecule has 0 N–H and O–H groups in total. The minimum absolute atomic E-state index is 0.359. The minimum Gasteiger partial charge on any atom is -0.494 e. The summed E-state index contributed by atoms with van der Waals surface area (Å²) in [5.74, 6) is 0.377. The molecule has 0 amide bonds. The summed E-state index contributed by atoms with van der Waals surface area (Å²) in [7, 11) is 0. The summed E-state index contributed by atoms with van der Waals surface area (Å²) in [6.45, 7) is 4.28. The van der Waals surface area contributed by atoms with E-state index in [1.807, 2.05) is 6.92 Å². The summed E-state index contributed by atoms with van der Waals surface area (Å²) in [5.41, 5.74) is 1.83. The first-order valence-corrected chi connectivity index (χ1v) is 7.06. The van der Waals surface area contributed by atoms with Crippen LogP contribution in [-0.2, 0) is 0 Å². The number of fused-ring (bicyclic) bond motifs is 1. The average molecular weight is 298 g/mol. The SMILES string of the molecule is CCOc1ccc(-c2c(C)c3cc(F)ccc3oc2=O)cc1. The van der Waals surface area contributed by atoms with Crippen LogP contribution >= 0.6 is 0 Å². The van der Waals surface area contributed by atoms with Gasteiger partial charge in [-0.2, -0.15) is 0 Å². The van der Waals surface area contributed by atoms with Crippen LogP contribution in [0.1, 0.15) is 12.5 Å². The third-order valence-corrected chi connectivity index (χ3v) is 3.58. The zero-order valence-corrected chi connectivity index (χ0v) is 12.4. The van der Waals surface area contributed by atoms with Gasteiger partial charge in [0.15, 0.2) is 0 Å². The standard InChI is InChI=1S/C18H15FO3/c1-3-21-14-7-4-12(5-8-14)17-11(2)15-10-13(19)6-9-16(15)22-18(17)20/h4-10H,3H2,1-2H3. The Balaban J connectivity index is 2.19. The Morgan fingerprint density at radius 1 is 1.14 bits per heavy atom. The van der Waals surface area contributed by atoms with Crippen molar-refractivity contribution in [2.75, 3.05) is 6.61 Å². The van der Waals surface area contributed by atoms with E-state index in [-0.39, 0.29) is 5.82 Å². The van der Waals surface area contributed by atoms with E-state index in [9.17, 15) is 9.18 Å². The van der Waals surface area contributed by atoms with E-state index >= 15 is 0 Å². The first-order chi connectivity index (χ1) is 10.6. The van der Waals surface area contributed by atoms with Gasteiger partial charge in [-0.1, -0.05) is 12.1 Å². The molecule has 1 heterocycles. The van der Waals surface area contributed by atoms with Crippen LogP contribution in [0.15, 0.2) is 51.7 Å². The molecule has 2 aromatic carbocycles. The third kappa shape index (κ3) is 2.48. The van der Waals surface area contributed by atoms with Crippen LogP contribution in [0, 0.1) is 12.7 Å². The zero-order chi connectivity index (χ0) is 15.7. The van der Waals surface area contributed by atoms with E-state index in [0.29, 0.717) is 28.7 Å². The van der Waals surface area contributed by atoms with E-state index in [2.05, 4.69) is 0 Å². The molecule has 0 atom stereocenters. The number of rotatable bonds is 3. The van der Waals surface area contributed by atoms with Crippen LogP contribution in [-0.4, -0.2) is 6.61 Å². The number of ether oxygens (including phenoxy) is 1. The number of benzene rings is 2. The Hall–Kier alpha value is -2.62. The van der Waals surface area contributed by atoms with Gasteiger partial charge in [0.25, 0.3) is 0 Å². The van der Waals surface area contributed by atoms with Crippen LogP contribution in [0.2, 0.25) is 0 Å². The van der Waals surface area contributed by atoms with Crippen LogP contribution in [0.5, 0.6) is 5.75 Å². The zero-order valence-electron chi connectivity index (χ0n) is 12.4. The van der Waals surface area contributed by atoms with Crippen LogP contribution in [0.25, 0.3) is 22.1 Å². The molecule has 0 saturated carbocycles. The highest BCUT2D eigenvalue weighted by atomic mass is 19.1. The molecule has 0 bridgehead atoms. The van der Waals surface area contributed by atoms with Gasteiger partial charge in [0.2, 0.25) is 0 Å². The summed E-state index contributed by atoms with van der Waals surface area (Å²) >= 11 is 0. The molecule has 4 heteroatoms. The van der Waals surface area contributed by atoms with Gasteiger partial charge < -0.3 is 9.15 Å². The number of hydrogen-bond acceptors (Lipinski definition) is 3. The van der Waals surface area contributed by atoms with Gasteiger partial charge in [0.05, 0.1) is 12.2 Å². The van der Waals surface area contributed by atoms with Crippen molar-refractivity contribution in [3.63, 3.8) is 0 Å². The lowest BCUT2D eigenvalue weighted by Crippen LogP contribution is -2.06. The minimum atomic E-state index is -0.430. The predicted molar refractivity (Wildman–Crippen MR) is 83.8 cm³/mol. The van der Waals surface area contributed by atoms with Crippen molar-refractivity contribution in [1.82, 2.24) is 0 Å². The molecule has 0 radical (unpaired) electrons. The maximum atomic E-state index is 13.5. The molecule has 0 aliphatic heterocycles. The van der Waals surface area contributed by atoms with Crippen molar-refractivity contribution >= 4 is 11.0 Å². The fraction of sp³-hybridized carbons (Fsp3) is 0.167. The van der Waals surface area contributed by atoms with E-state index < -0.39 is 5.63 Å². The lowest BCUT2D eigenvalue weighted by molar-refractivity contribution is 0.340. The molecule has 112 valence electrons. The number of aryl methyl sites for hydroxylation is 1. The molecule has 3 aromatic rings. The molecule has 0 spiro atoms. The topological polar surface area (TPSA) is 39.4 Å². The Morgan fingerprint density at radius 3 is 2.55 bits per heavy atom. The second kappa shape index (κ2) is 5.64. The van der Waals surface area contributed by atoms with Crippen molar-refractivity contribution in [3.05, 3.63) is 64.3 Å². The van der Waals surface area contributed by atoms with Crippen molar-refractivity contribution in [2.24, 2.45) is 0 Å². The second-order valence-electron chi connectivity index (χ2n) is 4.99. The summed E-state index contributed by atoms with van der Waals surface area (Å²) in [5, 5.41) is 0.600. The lowest BCUT2D eigenvalue weighted by Gasteiger charge is -2.09. The van der Waals surface area contributed by atoms with Crippen molar-refractivity contribution in [1.29, 1.82) is 0 Å². The van der Waals surface area contributed by atoms with Gasteiger partial charge in [-0.3, -0.25) is 0 Å². The molecular formula is C18H15FO3. The molecule has 0 unspecified atom stereocenters.